The first kappa shape index (κ1) is 15.7. The van der Waals surface area contributed by atoms with E-state index < -0.39 is 0 Å². The lowest BCUT2D eigenvalue weighted by molar-refractivity contribution is 0.0413. The maximum Gasteiger partial charge on any atom is 0.180 e. The fourth-order valence-electron chi connectivity index (χ4n) is 2.02. The van der Waals surface area contributed by atoms with E-state index in [9.17, 15) is 0 Å². The number of hydrogen-bond donors (Lipinski definition) is 1. The van der Waals surface area contributed by atoms with Crippen LogP contribution in [0.2, 0.25) is 0 Å². The maximum atomic E-state index is 5.86. The Kier molecular flexibility index (Phi) is 6.35. The van der Waals surface area contributed by atoms with Gasteiger partial charge >= 0.3 is 0 Å². The molecule has 1 unspecified atom stereocenters. The lowest BCUT2D eigenvalue weighted by Crippen LogP contribution is -2.23. The number of rotatable bonds is 5. The number of ether oxygens (including phenoxy) is 1. The molecule has 104 valence electrons. The molecule has 2 N–H and O–H groups in total. The first-order valence-electron chi connectivity index (χ1n) is 6.17. The van der Waals surface area contributed by atoms with Crippen molar-refractivity contribution >= 4 is 28.9 Å². The van der Waals surface area contributed by atoms with Crippen molar-refractivity contribution < 1.29 is 4.74 Å². The standard InChI is InChI=1S/C12H21N3OS.ClH/c1-9(2)8-16-10-3-4-15(6-10)7-11-5-14-12(13)17-11;/h5,9-10H,3-4,6-8H2,1-2H3,(H2,13,14);1H. The van der Waals surface area contributed by atoms with Crippen molar-refractivity contribution in [1.82, 2.24) is 9.88 Å². The highest BCUT2D eigenvalue weighted by molar-refractivity contribution is 7.15. The molecule has 1 aromatic rings. The van der Waals surface area contributed by atoms with Crippen molar-refractivity contribution in [3.8, 4) is 0 Å². The number of nitrogens with zero attached hydrogens (tertiary/aromatic N) is 2. The molecule has 0 radical (unpaired) electrons. The Morgan fingerprint density at radius 3 is 3.00 bits per heavy atom. The average Bonchev–Trinajstić information content (AvgIpc) is 2.86. The van der Waals surface area contributed by atoms with Crippen LogP contribution < -0.4 is 5.73 Å². The largest absolute Gasteiger partial charge is 0.377 e. The molecule has 0 spiro atoms. The molecule has 0 aromatic carbocycles. The van der Waals surface area contributed by atoms with Gasteiger partial charge in [0.15, 0.2) is 5.13 Å². The van der Waals surface area contributed by atoms with E-state index in [1.54, 1.807) is 11.3 Å². The van der Waals surface area contributed by atoms with Gasteiger partial charge in [-0.05, 0) is 12.3 Å². The second-order valence-electron chi connectivity index (χ2n) is 5.04. The van der Waals surface area contributed by atoms with Crippen LogP contribution in [-0.2, 0) is 11.3 Å². The first-order valence-corrected chi connectivity index (χ1v) is 6.99. The molecule has 1 aliphatic heterocycles. The molecule has 1 aliphatic rings. The number of likely N-dealkylation sites (tertiary alicyclic amines) is 1. The van der Waals surface area contributed by atoms with Gasteiger partial charge in [0, 0.05) is 37.3 Å². The van der Waals surface area contributed by atoms with Gasteiger partial charge in [-0.3, -0.25) is 4.90 Å². The van der Waals surface area contributed by atoms with E-state index in [0.717, 1.165) is 32.7 Å². The average molecular weight is 292 g/mol. The third-order valence-corrected chi connectivity index (χ3v) is 3.66. The van der Waals surface area contributed by atoms with Gasteiger partial charge in [0.2, 0.25) is 0 Å². The van der Waals surface area contributed by atoms with Gasteiger partial charge in [-0.25, -0.2) is 4.98 Å². The molecule has 1 atom stereocenters. The summed E-state index contributed by atoms with van der Waals surface area (Å²) in [5, 5.41) is 0.659. The zero-order valence-electron chi connectivity index (χ0n) is 11.0. The highest BCUT2D eigenvalue weighted by Crippen LogP contribution is 2.20. The van der Waals surface area contributed by atoms with E-state index in [4.69, 9.17) is 10.5 Å². The van der Waals surface area contributed by atoms with E-state index in [0.29, 0.717) is 17.2 Å². The van der Waals surface area contributed by atoms with Crippen LogP contribution in [-0.4, -0.2) is 35.7 Å². The molecule has 1 saturated heterocycles. The summed E-state index contributed by atoms with van der Waals surface area (Å²) in [4.78, 5) is 7.73. The topological polar surface area (TPSA) is 51.4 Å². The molecule has 18 heavy (non-hydrogen) atoms. The number of hydrogen-bond acceptors (Lipinski definition) is 5. The molecule has 4 nitrogen and oxygen atoms in total. The van der Waals surface area contributed by atoms with E-state index >= 15 is 0 Å². The van der Waals surface area contributed by atoms with Gasteiger partial charge in [-0.15, -0.1) is 23.7 Å². The first-order chi connectivity index (χ1) is 8.13. The zero-order chi connectivity index (χ0) is 12.3. The Labute approximate surface area is 119 Å². The van der Waals surface area contributed by atoms with Crippen LogP contribution in [0.4, 0.5) is 5.13 Å². The fourth-order valence-corrected chi connectivity index (χ4v) is 2.75. The molecular weight excluding hydrogens is 270 g/mol. The van der Waals surface area contributed by atoms with Crippen LogP contribution in [0.3, 0.4) is 0 Å². The molecule has 0 saturated carbocycles. The molecule has 1 aromatic heterocycles. The van der Waals surface area contributed by atoms with Gasteiger partial charge in [-0.1, -0.05) is 13.8 Å². The second-order valence-corrected chi connectivity index (χ2v) is 6.18. The molecule has 6 heteroatoms. The van der Waals surface area contributed by atoms with Crippen molar-refractivity contribution in [1.29, 1.82) is 0 Å². The highest BCUT2D eigenvalue weighted by Gasteiger charge is 2.23. The number of nitrogens with two attached hydrogens (primary N) is 1. The van der Waals surface area contributed by atoms with Crippen LogP contribution in [0.15, 0.2) is 6.20 Å². The van der Waals surface area contributed by atoms with Gasteiger partial charge in [0.25, 0.3) is 0 Å². The van der Waals surface area contributed by atoms with E-state index in [1.807, 2.05) is 6.20 Å². The smallest absolute Gasteiger partial charge is 0.180 e. The maximum absolute atomic E-state index is 5.86. The van der Waals surface area contributed by atoms with Crippen LogP contribution in [0.1, 0.15) is 25.1 Å². The van der Waals surface area contributed by atoms with Crippen molar-refractivity contribution in [2.24, 2.45) is 5.92 Å². The van der Waals surface area contributed by atoms with Gasteiger partial charge in [-0.2, -0.15) is 0 Å². The van der Waals surface area contributed by atoms with Crippen molar-refractivity contribution in [3.05, 3.63) is 11.1 Å². The molecule has 0 amide bonds. The van der Waals surface area contributed by atoms with Crippen LogP contribution >= 0.6 is 23.7 Å². The summed E-state index contributed by atoms with van der Waals surface area (Å²) in [5.41, 5.74) is 5.63. The van der Waals surface area contributed by atoms with Crippen molar-refractivity contribution in [3.63, 3.8) is 0 Å². The summed E-state index contributed by atoms with van der Waals surface area (Å²) in [5.74, 6) is 0.616. The summed E-state index contributed by atoms with van der Waals surface area (Å²) < 4.78 is 5.86. The lowest BCUT2D eigenvalue weighted by Gasteiger charge is -2.16. The minimum Gasteiger partial charge on any atom is -0.377 e. The molecule has 2 rings (SSSR count). The summed E-state index contributed by atoms with van der Waals surface area (Å²) in [6, 6.07) is 0. The Morgan fingerprint density at radius 2 is 2.39 bits per heavy atom. The zero-order valence-corrected chi connectivity index (χ0v) is 12.6. The fraction of sp³-hybridized carbons (Fsp3) is 0.750. The van der Waals surface area contributed by atoms with Crippen LogP contribution in [0.25, 0.3) is 0 Å². The third-order valence-electron chi connectivity index (χ3n) is 2.85. The van der Waals surface area contributed by atoms with E-state index in [2.05, 4.69) is 23.7 Å². The molecule has 0 bridgehead atoms. The summed E-state index contributed by atoms with van der Waals surface area (Å²) in [6.45, 7) is 8.34. The van der Waals surface area contributed by atoms with Gasteiger partial charge in [0.05, 0.1) is 6.10 Å². The van der Waals surface area contributed by atoms with Crippen molar-refractivity contribution in [2.75, 3.05) is 25.4 Å². The van der Waals surface area contributed by atoms with Crippen LogP contribution in [0.5, 0.6) is 0 Å². The lowest BCUT2D eigenvalue weighted by atomic mass is 10.2. The van der Waals surface area contributed by atoms with Gasteiger partial charge < -0.3 is 10.5 Å². The second kappa shape index (κ2) is 7.28. The monoisotopic (exact) mass is 291 g/mol. The summed E-state index contributed by atoms with van der Waals surface area (Å²) in [7, 11) is 0. The summed E-state index contributed by atoms with van der Waals surface area (Å²) >= 11 is 1.58. The summed E-state index contributed by atoms with van der Waals surface area (Å²) in [6.07, 6.45) is 3.42. The minimum absolute atomic E-state index is 0. The predicted octanol–water partition coefficient (Wildman–Crippen LogP) is 2.39. The molecular formula is C12H22ClN3OS. The third kappa shape index (κ3) is 4.72. The van der Waals surface area contributed by atoms with Crippen molar-refractivity contribution in [2.45, 2.75) is 32.9 Å². The number of halogens is 1. The normalized spacial score (nSPS) is 20.3. The van der Waals surface area contributed by atoms with E-state index in [-0.39, 0.29) is 12.4 Å². The number of nitrogen functional groups attached to an aromatic ring is 1. The Bertz CT molecular complexity index is 359. The van der Waals surface area contributed by atoms with Crippen LogP contribution in [0, 0.1) is 5.92 Å². The minimum atomic E-state index is 0. The SMILES string of the molecule is CC(C)COC1CCN(Cc2cnc(N)s2)C1.Cl. The predicted molar refractivity (Wildman–Crippen MR) is 78.2 cm³/mol. The van der Waals surface area contributed by atoms with Gasteiger partial charge in [0.1, 0.15) is 0 Å². The Morgan fingerprint density at radius 1 is 1.61 bits per heavy atom. The number of anilines is 1. The van der Waals surface area contributed by atoms with E-state index in [1.165, 1.54) is 4.88 Å². The molecule has 0 aliphatic carbocycles. The Balaban J connectivity index is 0.00000162. The molecule has 1 fully saturated rings. The quantitative estimate of drug-likeness (QED) is 0.905. The molecule has 2 heterocycles. The Hall–Kier alpha value is -0.360. The number of aromatic nitrogens is 1. The highest BCUT2D eigenvalue weighted by atomic mass is 35.5. The number of thiazole rings is 1.